The van der Waals surface area contributed by atoms with Gasteiger partial charge in [0.1, 0.15) is 0 Å². The van der Waals surface area contributed by atoms with Gasteiger partial charge in [-0.1, -0.05) is 43.5 Å². The zero-order valence-corrected chi connectivity index (χ0v) is 13.4. The highest BCUT2D eigenvalue weighted by atomic mass is 16.5. The molecule has 3 atom stereocenters. The topological polar surface area (TPSA) is 21.3 Å². The molecule has 1 aromatic rings. The van der Waals surface area contributed by atoms with Gasteiger partial charge in [0.15, 0.2) is 0 Å². The summed E-state index contributed by atoms with van der Waals surface area (Å²) in [7, 11) is 2.03. The molecule has 2 heteroatoms. The lowest BCUT2D eigenvalue weighted by Crippen LogP contribution is -2.28. The van der Waals surface area contributed by atoms with Crippen LogP contribution in [0.2, 0.25) is 0 Å². The molecule has 0 spiro atoms. The molecule has 0 heterocycles. The Morgan fingerprint density at radius 2 is 2.10 bits per heavy atom. The fourth-order valence-corrected chi connectivity index (χ4v) is 3.23. The first-order valence-corrected chi connectivity index (χ1v) is 7.96. The summed E-state index contributed by atoms with van der Waals surface area (Å²) in [6, 6.07) is 6.96. The lowest BCUT2D eigenvalue weighted by atomic mass is 9.88. The summed E-state index contributed by atoms with van der Waals surface area (Å²) in [4.78, 5) is 0. The Bertz CT molecular complexity index is 429. The van der Waals surface area contributed by atoms with Crippen LogP contribution in [-0.4, -0.2) is 19.8 Å². The molecule has 0 saturated heterocycles. The first kappa shape index (κ1) is 15.5. The smallest absolute Gasteiger partial charge is 0.0665 e. The van der Waals surface area contributed by atoms with Crippen LogP contribution in [0.4, 0.5) is 0 Å². The number of likely N-dealkylation sites (N-methyl/N-ethyl adjacent to an activating group) is 1. The van der Waals surface area contributed by atoms with Gasteiger partial charge in [-0.15, -0.1) is 0 Å². The summed E-state index contributed by atoms with van der Waals surface area (Å²) in [5, 5.41) is 3.41. The van der Waals surface area contributed by atoms with Crippen molar-refractivity contribution < 1.29 is 4.74 Å². The summed E-state index contributed by atoms with van der Waals surface area (Å²) >= 11 is 0. The number of hydrogen-bond donors (Lipinski definition) is 1. The Labute approximate surface area is 123 Å². The van der Waals surface area contributed by atoms with E-state index in [0.717, 1.165) is 12.5 Å². The van der Waals surface area contributed by atoms with Gasteiger partial charge in [-0.3, -0.25) is 0 Å². The van der Waals surface area contributed by atoms with Gasteiger partial charge < -0.3 is 10.1 Å². The quantitative estimate of drug-likeness (QED) is 0.871. The first-order chi connectivity index (χ1) is 9.60. The van der Waals surface area contributed by atoms with E-state index in [0.29, 0.717) is 12.1 Å². The van der Waals surface area contributed by atoms with Crippen molar-refractivity contribution in [3.63, 3.8) is 0 Å². The number of rotatable bonds is 5. The molecule has 0 bridgehead atoms. The Balaban J connectivity index is 1.96. The molecule has 1 saturated carbocycles. The second kappa shape index (κ2) is 7.24. The number of benzene rings is 1. The maximum Gasteiger partial charge on any atom is 0.0665 e. The van der Waals surface area contributed by atoms with Gasteiger partial charge in [-0.2, -0.15) is 0 Å². The van der Waals surface area contributed by atoms with Gasteiger partial charge in [0.2, 0.25) is 0 Å². The van der Waals surface area contributed by atoms with Crippen molar-refractivity contribution in [2.24, 2.45) is 5.92 Å². The van der Waals surface area contributed by atoms with Crippen molar-refractivity contribution in [3.8, 4) is 0 Å². The SMILES string of the molecule is CNC(COC1CCCC(C)C1)c1cc(C)ccc1C. The molecule has 0 radical (unpaired) electrons. The molecule has 1 aliphatic carbocycles. The first-order valence-electron chi connectivity index (χ1n) is 7.96. The van der Waals surface area contributed by atoms with Crippen LogP contribution in [0.15, 0.2) is 18.2 Å². The van der Waals surface area contributed by atoms with E-state index in [2.05, 4.69) is 44.3 Å². The fourth-order valence-electron chi connectivity index (χ4n) is 3.23. The second-order valence-corrected chi connectivity index (χ2v) is 6.43. The van der Waals surface area contributed by atoms with Crippen LogP contribution in [0.5, 0.6) is 0 Å². The molecule has 1 aromatic carbocycles. The van der Waals surface area contributed by atoms with Gasteiger partial charge in [0.05, 0.1) is 18.8 Å². The molecule has 1 N–H and O–H groups in total. The van der Waals surface area contributed by atoms with E-state index >= 15 is 0 Å². The van der Waals surface area contributed by atoms with Crippen molar-refractivity contribution in [2.45, 2.75) is 58.6 Å². The van der Waals surface area contributed by atoms with E-state index in [1.54, 1.807) is 0 Å². The third-order valence-electron chi connectivity index (χ3n) is 4.55. The van der Waals surface area contributed by atoms with Crippen LogP contribution in [-0.2, 0) is 4.74 Å². The number of hydrogen-bond acceptors (Lipinski definition) is 2. The minimum atomic E-state index is 0.298. The molecule has 2 rings (SSSR count). The van der Waals surface area contributed by atoms with Crippen molar-refractivity contribution in [3.05, 3.63) is 34.9 Å². The molecule has 3 unspecified atom stereocenters. The minimum absolute atomic E-state index is 0.298. The lowest BCUT2D eigenvalue weighted by Gasteiger charge is -2.29. The predicted molar refractivity (Wildman–Crippen MR) is 85.1 cm³/mol. The number of ether oxygens (including phenoxy) is 1. The summed E-state index contributed by atoms with van der Waals surface area (Å²) < 4.78 is 6.19. The number of aryl methyl sites for hydroxylation is 2. The Morgan fingerprint density at radius 3 is 2.80 bits per heavy atom. The summed E-state index contributed by atoms with van der Waals surface area (Å²) in [5.74, 6) is 0.822. The molecule has 2 nitrogen and oxygen atoms in total. The lowest BCUT2D eigenvalue weighted by molar-refractivity contribution is 0.00480. The van der Waals surface area contributed by atoms with E-state index in [9.17, 15) is 0 Å². The summed E-state index contributed by atoms with van der Waals surface area (Å²) in [5.41, 5.74) is 4.03. The van der Waals surface area contributed by atoms with E-state index in [1.807, 2.05) is 7.05 Å². The largest absolute Gasteiger partial charge is 0.376 e. The minimum Gasteiger partial charge on any atom is -0.376 e. The van der Waals surface area contributed by atoms with E-state index in [1.165, 1.54) is 42.4 Å². The van der Waals surface area contributed by atoms with Gasteiger partial charge in [-0.05, 0) is 50.8 Å². The van der Waals surface area contributed by atoms with E-state index in [-0.39, 0.29) is 0 Å². The molecule has 0 aliphatic heterocycles. The van der Waals surface area contributed by atoms with Gasteiger partial charge >= 0.3 is 0 Å². The molecular weight excluding hydrogens is 246 g/mol. The molecular formula is C18H29NO. The van der Waals surface area contributed by atoms with Gasteiger partial charge in [0.25, 0.3) is 0 Å². The van der Waals surface area contributed by atoms with Gasteiger partial charge in [-0.25, -0.2) is 0 Å². The Kier molecular flexibility index (Phi) is 5.62. The maximum absolute atomic E-state index is 6.19. The second-order valence-electron chi connectivity index (χ2n) is 6.43. The van der Waals surface area contributed by atoms with E-state index < -0.39 is 0 Å². The zero-order chi connectivity index (χ0) is 14.5. The molecule has 20 heavy (non-hydrogen) atoms. The van der Waals surface area contributed by atoms with Crippen molar-refractivity contribution in [2.75, 3.05) is 13.7 Å². The molecule has 112 valence electrons. The highest BCUT2D eigenvalue weighted by Crippen LogP contribution is 2.27. The third-order valence-corrected chi connectivity index (χ3v) is 4.55. The molecule has 1 aliphatic rings. The maximum atomic E-state index is 6.19. The number of nitrogens with one attached hydrogen (secondary N) is 1. The van der Waals surface area contributed by atoms with Crippen LogP contribution in [0.3, 0.4) is 0 Å². The normalized spacial score (nSPS) is 24.6. The molecule has 1 fully saturated rings. The standard InChI is InChI=1S/C18H29NO/c1-13-6-5-7-16(10-13)20-12-18(19-4)17-11-14(2)8-9-15(17)3/h8-9,11,13,16,18-19H,5-7,10,12H2,1-4H3. The molecule has 0 aromatic heterocycles. The average molecular weight is 275 g/mol. The summed E-state index contributed by atoms with van der Waals surface area (Å²) in [6.07, 6.45) is 5.60. The van der Waals surface area contributed by atoms with Crippen molar-refractivity contribution in [1.82, 2.24) is 5.32 Å². The molecule has 0 amide bonds. The fraction of sp³-hybridized carbons (Fsp3) is 0.667. The Morgan fingerprint density at radius 1 is 1.30 bits per heavy atom. The highest BCUT2D eigenvalue weighted by molar-refractivity contribution is 5.33. The van der Waals surface area contributed by atoms with Crippen LogP contribution in [0.1, 0.15) is 55.3 Å². The van der Waals surface area contributed by atoms with Crippen LogP contribution >= 0.6 is 0 Å². The van der Waals surface area contributed by atoms with Crippen LogP contribution < -0.4 is 5.32 Å². The van der Waals surface area contributed by atoms with E-state index in [4.69, 9.17) is 4.74 Å². The van der Waals surface area contributed by atoms with Crippen molar-refractivity contribution >= 4 is 0 Å². The summed E-state index contributed by atoms with van der Waals surface area (Å²) in [6.45, 7) is 7.45. The average Bonchev–Trinajstić information content (AvgIpc) is 2.43. The third kappa shape index (κ3) is 4.07. The highest BCUT2D eigenvalue weighted by Gasteiger charge is 2.21. The van der Waals surface area contributed by atoms with Crippen LogP contribution in [0.25, 0.3) is 0 Å². The predicted octanol–water partition coefficient (Wildman–Crippen LogP) is 4.16. The Hall–Kier alpha value is -0.860. The van der Waals surface area contributed by atoms with Crippen molar-refractivity contribution in [1.29, 1.82) is 0 Å². The van der Waals surface area contributed by atoms with Gasteiger partial charge in [0, 0.05) is 0 Å². The zero-order valence-electron chi connectivity index (χ0n) is 13.4. The van der Waals surface area contributed by atoms with Crippen LogP contribution in [0, 0.1) is 19.8 Å². The monoisotopic (exact) mass is 275 g/mol.